The van der Waals surface area contributed by atoms with Crippen molar-refractivity contribution in [2.45, 2.75) is 37.8 Å². The molecular formula is C14H16ClF2N5. The fourth-order valence-corrected chi connectivity index (χ4v) is 3.28. The van der Waals surface area contributed by atoms with E-state index in [1.807, 2.05) is 0 Å². The van der Waals surface area contributed by atoms with Crippen LogP contribution in [0.5, 0.6) is 0 Å². The molecule has 8 heteroatoms. The van der Waals surface area contributed by atoms with Crippen LogP contribution in [0.1, 0.15) is 32.1 Å². The predicted molar refractivity (Wildman–Crippen MR) is 82.9 cm³/mol. The Labute approximate surface area is 131 Å². The van der Waals surface area contributed by atoms with Crippen LogP contribution >= 0.6 is 11.6 Å². The molecule has 22 heavy (non-hydrogen) atoms. The van der Waals surface area contributed by atoms with Crippen LogP contribution in [0.3, 0.4) is 0 Å². The van der Waals surface area contributed by atoms with Gasteiger partial charge >= 0.3 is 0 Å². The van der Waals surface area contributed by atoms with Gasteiger partial charge in [0.05, 0.1) is 5.69 Å². The first-order valence-electron chi connectivity index (χ1n) is 7.07. The first kappa shape index (κ1) is 15.0. The van der Waals surface area contributed by atoms with Gasteiger partial charge in [-0.1, -0.05) is 18.0 Å². The highest BCUT2D eigenvalue weighted by Gasteiger charge is 2.42. The van der Waals surface area contributed by atoms with Gasteiger partial charge in [0.25, 0.3) is 0 Å². The van der Waals surface area contributed by atoms with Crippen LogP contribution in [0.25, 0.3) is 0 Å². The quantitative estimate of drug-likeness (QED) is 0.778. The van der Waals surface area contributed by atoms with E-state index in [1.54, 1.807) is 4.90 Å². The normalized spacial score (nSPS) is 20.8. The van der Waals surface area contributed by atoms with E-state index in [1.165, 1.54) is 0 Å². The second-order valence-electron chi connectivity index (χ2n) is 5.54. The van der Waals surface area contributed by atoms with Crippen LogP contribution < -0.4 is 16.4 Å². The number of nitrogens with zero attached hydrogens (tertiary/aromatic N) is 3. The minimum Gasteiger partial charge on any atom is -0.369 e. The van der Waals surface area contributed by atoms with Crippen LogP contribution in [0.4, 0.5) is 14.5 Å². The first-order valence-corrected chi connectivity index (χ1v) is 7.45. The SMILES string of the molecule is NC1=NC2(CCCCC2)N(c2cc(F)c(Cl)c(F)c2)C(N)=N1. The largest absolute Gasteiger partial charge is 0.369 e. The second-order valence-corrected chi connectivity index (χ2v) is 5.92. The molecule has 0 saturated heterocycles. The Balaban J connectivity index is 2.12. The molecule has 1 aromatic rings. The maximum absolute atomic E-state index is 13.8. The van der Waals surface area contributed by atoms with Gasteiger partial charge in [0.2, 0.25) is 11.9 Å². The van der Waals surface area contributed by atoms with Crippen LogP contribution in [-0.2, 0) is 0 Å². The molecule has 1 aliphatic carbocycles. The van der Waals surface area contributed by atoms with Gasteiger partial charge in [0.1, 0.15) is 22.3 Å². The van der Waals surface area contributed by atoms with Crippen molar-refractivity contribution in [1.29, 1.82) is 0 Å². The van der Waals surface area contributed by atoms with Gasteiger partial charge in [0, 0.05) is 0 Å². The molecule has 1 aliphatic heterocycles. The van der Waals surface area contributed by atoms with Crippen LogP contribution in [-0.4, -0.2) is 17.6 Å². The minimum absolute atomic E-state index is 0.0792. The molecule has 3 rings (SSSR count). The number of rotatable bonds is 1. The number of aliphatic imine (C=N–C) groups is 2. The molecule has 0 aromatic heterocycles. The topological polar surface area (TPSA) is 80.0 Å². The number of guanidine groups is 2. The number of anilines is 1. The van der Waals surface area contributed by atoms with Gasteiger partial charge in [-0.05, 0) is 37.8 Å². The Morgan fingerprint density at radius 1 is 1.09 bits per heavy atom. The van der Waals surface area contributed by atoms with Gasteiger partial charge in [-0.25, -0.2) is 13.8 Å². The molecule has 1 heterocycles. The molecule has 1 saturated carbocycles. The summed E-state index contributed by atoms with van der Waals surface area (Å²) >= 11 is 5.55. The van der Waals surface area contributed by atoms with Crippen molar-refractivity contribution >= 4 is 29.2 Å². The lowest BCUT2D eigenvalue weighted by Gasteiger charge is -2.45. The molecule has 0 bridgehead atoms. The molecule has 1 spiro atoms. The number of halogens is 3. The van der Waals surface area contributed by atoms with Gasteiger partial charge < -0.3 is 11.5 Å². The summed E-state index contributed by atoms with van der Waals surface area (Å²) < 4.78 is 27.6. The molecule has 2 aliphatic rings. The van der Waals surface area contributed by atoms with Crippen molar-refractivity contribution in [2.75, 3.05) is 4.90 Å². The Kier molecular flexibility index (Phi) is 3.68. The lowest BCUT2D eigenvalue weighted by molar-refractivity contribution is 0.305. The third-order valence-corrected chi connectivity index (χ3v) is 4.44. The summed E-state index contributed by atoms with van der Waals surface area (Å²) in [6.45, 7) is 0. The Hall–Kier alpha value is -1.89. The number of hydrogen-bond donors (Lipinski definition) is 2. The van der Waals surface area contributed by atoms with E-state index in [-0.39, 0.29) is 17.6 Å². The minimum atomic E-state index is -0.849. The maximum Gasteiger partial charge on any atom is 0.220 e. The Bertz CT molecular complexity index is 644. The average Bonchev–Trinajstić information content (AvgIpc) is 2.44. The number of benzene rings is 1. The third kappa shape index (κ3) is 2.39. The van der Waals surface area contributed by atoms with E-state index < -0.39 is 22.3 Å². The fourth-order valence-electron chi connectivity index (χ4n) is 3.17. The first-order chi connectivity index (χ1) is 10.4. The van der Waals surface area contributed by atoms with Gasteiger partial charge in [-0.2, -0.15) is 4.99 Å². The molecule has 118 valence electrons. The Morgan fingerprint density at radius 3 is 2.27 bits per heavy atom. The smallest absolute Gasteiger partial charge is 0.220 e. The van der Waals surface area contributed by atoms with Gasteiger partial charge in [-0.3, -0.25) is 4.90 Å². The highest BCUT2D eigenvalue weighted by molar-refractivity contribution is 6.31. The maximum atomic E-state index is 13.8. The van der Waals surface area contributed by atoms with E-state index in [2.05, 4.69) is 9.98 Å². The van der Waals surface area contributed by atoms with E-state index >= 15 is 0 Å². The van der Waals surface area contributed by atoms with Crippen LogP contribution in [0, 0.1) is 11.6 Å². The van der Waals surface area contributed by atoms with Crippen molar-refractivity contribution in [2.24, 2.45) is 21.5 Å². The number of hydrogen-bond acceptors (Lipinski definition) is 5. The zero-order valence-electron chi connectivity index (χ0n) is 11.8. The molecule has 0 atom stereocenters. The molecule has 1 fully saturated rings. The summed E-state index contributed by atoms with van der Waals surface area (Å²) in [6.07, 6.45) is 4.31. The lowest BCUT2D eigenvalue weighted by atomic mass is 9.87. The molecule has 5 nitrogen and oxygen atoms in total. The van der Waals surface area contributed by atoms with Crippen molar-refractivity contribution < 1.29 is 8.78 Å². The predicted octanol–water partition coefficient (Wildman–Crippen LogP) is 2.73. The zero-order valence-corrected chi connectivity index (χ0v) is 12.6. The van der Waals surface area contributed by atoms with Crippen molar-refractivity contribution in [3.8, 4) is 0 Å². The molecule has 0 radical (unpaired) electrons. The van der Waals surface area contributed by atoms with Gasteiger partial charge in [0.15, 0.2) is 0 Å². The Morgan fingerprint density at radius 2 is 1.68 bits per heavy atom. The second kappa shape index (κ2) is 5.39. The highest BCUT2D eigenvalue weighted by atomic mass is 35.5. The van der Waals surface area contributed by atoms with Crippen molar-refractivity contribution in [1.82, 2.24) is 0 Å². The summed E-state index contributed by atoms with van der Waals surface area (Å²) in [5.74, 6) is -1.53. The summed E-state index contributed by atoms with van der Waals surface area (Å²) in [4.78, 5) is 9.94. The molecule has 0 amide bonds. The van der Waals surface area contributed by atoms with E-state index in [4.69, 9.17) is 23.1 Å². The lowest BCUT2D eigenvalue weighted by Crippen LogP contribution is -2.58. The molecule has 0 unspecified atom stereocenters. The van der Waals surface area contributed by atoms with Crippen LogP contribution in [0.2, 0.25) is 5.02 Å². The van der Waals surface area contributed by atoms with E-state index in [9.17, 15) is 8.78 Å². The highest BCUT2D eigenvalue weighted by Crippen LogP contribution is 2.40. The zero-order chi connectivity index (χ0) is 15.9. The summed E-state index contributed by atoms with van der Waals surface area (Å²) in [7, 11) is 0. The summed E-state index contributed by atoms with van der Waals surface area (Å²) in [5, 5.41) is -0.544. The number of nitrogens with two attached hydrogens (primary N) is 2. The average molecular weight is 328 g/mol. The van der Waals surface area contributed by atoms with E-state index in [0.717, 1.165) is 31.4 Å². The standard InChI is InChI=1S/C14H16ClF2N5/c15-11-9(16)6-8(7-10(11)17)22-13(19)20-12(18)21-14(22)4-2-1-3-5-14/h6-7H,1-5H2,(H4,18,19,20,21). The molecule has 1 aromatic carbocycles. The molecule has 4 N–H and O–H groups in total. The van der Waals surface area contributed by atoms with Crippen molar-refractivity contribution in [3.05, 3.63) is 28.8 Å². The van der Waals surface area contributed by atoms with Crippen molar-refractivity contribution in [3.63, 3.8) is 0 Å². The van der Waals surface area contributed by atoms with E-state index in [0.29, 0.717) is 12.8 Å². The van der Waals surface area contributed by atoms with Crippen LogP contribution in [0.15, 0.2) is 22.1 Å². The monoisotopic (exact) mass is 327 g/mol. The molecular weight excluding hydrogens is 312 g/mol. The van der Waals surface area contributed by atoms with Gasteiger partial charge in [-0.15, -0.1) is 0 Å². The fraction of sp³-hybridized carbons (Fsp3) is 0.429. The summed E-state index contributed by atoms with van der Waals surface area (Å²) in [6, 6.07) is 2.28. The third-order valence-electron chi connectivity index (χ3n) is 4.08. The summed E-state index contributed by atoms with van der Waals surface area (Å²) in [5.41, 5.74) is 11.2.